The molecule has 0 spiro atoms. The first-order chi connectivity index (χ1) is 6.35. The molecule has 1 heterocycles. The first-order valence-electron chi connectivity index (χ1n) is 4.48. The van der Waals surface area contributed by atoms with Crippen LogP contribution in [-0.4, -0.2) is 22.5 Å². The zero-order valence-corrected chi connectivity index (χ0v) is 9.38. The van der Waals surface area contributed by atoms with Crippen molar-refractivity contribution in [3.05, 3.63) is 16.6 Å². The predicted molar refractivity (Wildman–Crippen MR) is 59.3 cm³/mol. The highest BCUT2D eigenvalue weighted by molar-refractivity contribution is 8.00. The van der Waals surface area contributed by atoms with E-state index < -0.39 is 0 Å². The van der Waals surface area contributed by atoms with E-state index >= 15 is 0 Å². The van der Waals surface area contributed by atoms with Gasteiger partial charge in [0.15, 0.2) is 0 Å². The Morgan fingerprint density at radius 3 is 3.08 bits per heavy atom. The van der Waals surface area contributed by atoms with E-state index in [0.29, 0.717) is 4.75 Å². The van der Waals surface area contributed by atoms with Crippen LogP contribution in [0.2, 0.25) is 0 Å². The molecule has 1 fully saturated rings. The first kappa shape index (κ1) is 9.49. The normalized spacial score (nSPS) is 18.8. The fourth-order valence-corrected chi connectivity index (χ4v) is 2.66. The zero-order chi connectivity index (χ0) is 9.15. The van der Waals surface area contributed by atoms with Crippen molar-refractivity contribution in [3.63, 3.8) is 0 Å². The van der Waals surface area contributed by atoms with Crippen LogP contribution in [0.25, 0.3) is 0 Å². The van der Waals surface area contributed by atoms with Crippen LogP contribution in [0.3, 0.4) is 0 Å². The van der Waals surface area contributed by atoms with Gasteiger partial charge in [-0.2, -0.15) is 11.8 Å². The molecule has 72 valence electrons. The fourth-order valence-electron chi connectivity index (χ4n) is 1.34. The first-order valence-corrected chi connectivity index (χ1v) is 6.58. The lowest BCUT2D eigenvalue weighted by atomic mass is 10.4. The smallest absolute Gasteiger partial charge is 0.0794 e. The van der Waals surface area contributed by atoms with Crippen molar-refractivity contribution in [1.29, 1.82) is 0 Å². The van der Waals surface area contributed by atoms with E-state index in [2.05, 4.69) is 16.6 Å². The molecule has 0 atom stereocenters. The summed E-state index contributed by atoms with van der Waals surface area (Å²) in [5, 5.41) is 3.49. The van der Waals surface area contributed by atoms with Crippen LogP contribution in [0.4, 0.5) is 0 Å². The maximum atomic E-state index is 4.05. The topological polar surface area (TPSA) is 24.9 Å². The van der Waals surface area contributed by atoms with E-state index in [1.807, 2.05) is 23.5 Å². The number of hydrogen-bond acceptors (Lipinski definition) is 4. The lowest BCUT2D eigenvalue weighted by Gasteiger charge is -2.11. The molecule has 0 aliphatic heterocycles. The third-order valence-electron chi connectivity index (χ3n) is 2.47. The van der Waals surface area contributed by atoms with E-state index in [1.54, 1.807) is 11.3 Å². The Morgan fingerprint density at radius 1 is 1.69 bits per heavy atom. The molecule has 2 rings (SSSR count). The van der Waals surface area contributed by atoms with Gasteiger partial charge in [0.1, 0.15) is 0 Å². The van der Waals surface area contributed by atoms with E-state index in [1.165, 1.54) is 17.7 Å². The second-order valence-electron chi connectivity index (χ2n) is 3.46. The Kier molecular flexibility index (Phi) is 2.91. The van der Waals surface area contributed by atoms with Crippen LogP contribution in [0.5, 0.6) is 0 Å². The highest BCUT2D eigenvalue weighted by Gasteiger charge is 2.41. The number of aromatic nitrogens is 1. The van der Waals surface area contributed by atoms with Gasteiger partial charge in [0.2, 0.25) is 0 Å². The minimum atomic E-state index is 0.574. The molecule has 0 radical (unpaired) electrons. The Balaban J connectivity index is 1.70. The molecular formula is C9H14N2S2. The molecular weight excluding hydrogens is 200 g/mol. The number of hydrogen-bond donors (Lipinski definition) is 1. The van der Waals surface area contributed by atoms with Gasteiger partial charge in [0, 0.05) is 28.9 Å². The van der Waals surface area contributed by atoms with Crippen LogP contribution in [-0.2, 0) is 6.54 Å². The summed E-state index contributed by atoms with van der Waals surface area (Å²) in [7, 11) is 0. The Morgan fingerprint density at radius 2 is 2.54 bits per heavy atom. The maximum absolute atomic E-state index is 4.05. The monoisotopic (exact) mass is 214 g/mol. The van der Waals surface area contributed by atoms with Crippen LogP contribution < -0.4 is 5.32 Å². The zero-order valence-electron chi connectivity index (χ0n) is 7.75. The van der Waals surface area contributed by atoms with E-state index in [-0.39, 0.29) is 0 Å². The molecule has 2 nitrogen and oxygen atoms in total. The summed E-state index contributed by atoms with van der Waals surface area (Å²) in [5.74, 6) is 0. The molecule has 0 unspecified atom stereocenters. The number of thiazole rings is 1. The standard InChI is InChI=1S/C9H14N2S2/c1-12-9(2-3-9)6-10-4-8-5-11-7-13-8/h5,7,10H,2-4,6H2,1H3. The second kappa shape index (κ2) is 3.98. The average molecular weight is 214 g/mol. The molecule has 1 aliphatic rings. The van der Waals surface area contributed by atoms with Crippen LogP contribution in [0.1, 0.15) is 17.7 Å². The second-order valence-corrected chi connectivity index (χ2v) is 5.70. The summed E-state index contributed by atoms with van der Waals surface area (Å²) < 4.78 is 0.574. The van der Waals surface area contributed by atoms with Gasteiger partial charge in [-0.1, -0.05) is 0 Å². The molecule has 0 bridgehead atoms. The maximum Gasteiger partial charge on any atom is 0.0794 e. The number of thioether (sulfide) groups is 1. The molecule has 0 amide bonds. The largest absolute Gasteiger partial charge is 0.310 e. The van der Waals surface area contributed by atoms with Crippen molar-refractivity contribution in [3.8, 4) is 0 Å². The Hall–Kier alpha value is -0.0600. The molecule has 1 aromatic rings. The average Bonchev–Trinajstić information content (AvgIpc) is 2.74. The van der Waals surface area contributed by atoms with Gasteiger partial charge in [-0.05, 0) is 19.1 Å². The van der Waals surface area contributed by atoms with Gasteiger partial charge >= 0.3 is 0 Å². The molecule has 1 aromatic heterocycles. The fraction of sp³-hybridized carbons (Fsp3) is 0.667. The number of nitrogens with one attached hydrogen (secondary N) is 1. The van der Waals surface area contributed by atoms with Gasteiger partial charge < -0.3 is 5.32 Å². The van der Waals surface area contributed by atoms with Crippen molar-refractivity contribution in [2.24, 2.45) is 0 Å². The van der Waals surface area contributed by atoms with Gasteiger partial charge in [-0.15, -0.1) is 11.3 Å². The SMILES string of the molecule is CSC1(CNCc2cncs2)CC1. The molecule has 13 heavy (non-hydrogen) atoms. The third kappa shape index (κ3) is 2.45. The minimum absolute atomic E-state index is 0.574. The van der Waals surface area contributed by atoms with Crippen LogP contribution in [0.15, 0.2) is 11.7 Å². The predicted octanol–water partition coefficient (Wildman–Crippen LogP) is 2.13. The molecule has 1 aliphatic carbocycles. The summed E-state index contributed by atoms with van der Waals surface area (Å²) in [6.45, 7) is 2.12. The van der Waals surface area contributed by atoms with Crippen molar-refractivity contribution in [2.45, 2.75) is 24.1 Å². The van der Waals surface area contributed by atoms with E-state index in [0.717, 1.165) is 13.1 Å². The van der Waals surface area contributed by atoms with Gasteiger partial charge in [0.05, 0.1) is 5.51 Å². The molecule has 1 saturated carbocycles. The summed E-state index contributed by atoms with van der Waals surface area (Å²) >= 11 is 3.72. The number of rotatable bonds is 5. The molecule has 0 saturated heterocycles. The highest BCUT2D eigenvalue weighted by Crippen LogP contribution is 2.46. The third-order valence-corrected chi connectivity index (χ3v) is 4.67. The van der Waals surface area contributed by atoms with Crippen molar-refractivity contribution in [2.75, 3.05) is 12.8 Å². The lowest BCUT2D eigenvalue weighted by Crippen LogP contribution is -2.25. The Bertz CT molecular complexity index is 255. The lowest BCUT2D eigenvalue weighted by molar-refractivity contribution is 0.668. The number of nitrogens with zero attached hydrogens (tertiary/aromatic N) is 1. The van der Waals surface area contributed by atoms with Crippen molar-refractivity contribution < 1.29 is 0 Å². The quantitative estimate of drug-likeness (QED) is 0.813. The van der Waals surface area contributed by atoms with Crippen molar-refractivity contribution in [1.82, 2.24) is 10.3 Å². The summed E-state index contributed by atoms with van der Waals surface area (Å²) in [6.07, 6.45) is 6.91. The Labute approximate surface area is 87.1 Å². The highest BCUT2D eigenvalue weighted by atomic mass is 32.2. The minimum Gasteiger partial charge on any atom is -0.310 e. The van der Waals surface area contributed by atoms with Gasteiger partial charge in [0.25, 0.3) is 0 Å². The van der Waals surface area contributed by atoms with Gasteiger partial charge in [-0.3, -0.25) is 4.98 Å². The van der Waals surface area contributed by atoms with Gasteiger partial charge in [-0.25, -0.2) is 0 Å². The van der Waals surface area contributed by atoms with E-state index in [9.17, 15) is 0 Å². The van der Waals surface area contributed by atoms with Crippen LogP contribution in [0, 0.1) is 0 Å². The van der Waals surface area contributed by atoms with Crippen molar-refractivity contribution >= 4 is 23.1 Å². The molecule has 4 heteroatoms. The summed E-state index contributed by atoms with van der Waals surface area (Å²) in [5.41, 5.74) is 1.89. The van der Waals surface area contributed by atoms with Crippen LogP contribution >= 0.6 is 23.1 Å². The molecule has 0 aromatic carbocycles. The molecule has 1 N–H and O–H groups in total. The van der Waals surface area contributed by atoms with E-state index in [4.69, 9.17) is 0 Å². The summed E-state index contributed by atoms with van der Waals surface area (Å²) in [4.78, 5) is 5.38. The summed E-state index contributed by atoms with van der Waals surface area (Å²) in [6, 6.07) is 0.